The highest BCUT2D eigenvalue weighted by atomic mass is 32.2. The number of hydrogen-bond acceptors (Lipinski definition) is 3. The van der Waals surface area contributed by atoms with E-state index in [2.05, 4.69) is 5.32 Å². The Balaban J connectivity index is 2.18. The van der Waals surface area contributed by atoms with Crippen molar-refractivity contribution in [2.75, 3.05) is 11.6 Å². The van der Waals surface area contributed by atoms with E-state index in [-0.39, 0.29) is 6.17 Å². The molecule has 0 radical (unpaired) electrons. The summed E-state index contributed by atoms with van der Waals surface area (Å²) in [6.07, 6.45) is 0.259. The third-order valence-electron chi connectivity index (χ3n) is 0.745. The standard InChI is InChI=1S/C3H8N2S/c4-3-1-6-2-5-3/h3,5H,1-2,4H2. The first-order chi connectivity index (χ1) is 2.89. The molecule has 1 saturated heterocycles. The Labute approximate surface area is 41.5 Å². The molecule has 1 unspecified atom stereocenters. The van der Waals surface area contributed by atoms with Crippen molar-refractivity contribution in [2.24, 2.45) is 5.73 Å². The highest BCUT2D eigenvalue weighted by Crippen LogP contribution is 2.03. The van der Waals surface area contributed by atoms with Crippen LogP contribution in [0.2, 0.25) is 0 Å². The van der Waals surface area contributed by atoms with E-state index in [0.29, 0.717) is 0 Å². The molecule has 0 aromatic rings. The van der Waals surface area contributed by atoms with Crippen molar-refractivity contribution in [3.05, 3.63) is 0 Å². The van der Waals surface area contributed by atoms with Crippen LogP contribution < -0.4 is 11.1 Å². The lowest BCUT2D eigenvalue weighted by Gasteiger charge is -1.94. The quantitative estimate of drug-likeness (QED) is 0.438. The second-order valence-electron chi connectivity index (χ2n) is 1.33. The van der Waals surface area contributed by atoms with Gasteiger partial charge in [-0.1, -0.05) is 0 Å². The Bertz CT molecular complexity index is 42.1. The Morgan fingerprint density at radius 3 is 2.83 bits per heavy atom. The predicted octanol–water partition coefficient (Wildman–Crippen LogP) is -0.435. The van der Waals surface area contributed by atoms with Crippen LogP contribution in [0.4, 0.5) is 0 Å². The zero-order valence-corrected chi connectivity index (χ0v) is 4.29. The van der Waals surface area contributed by atoms with Crippen molar-refractivity contribution in [3.63, 3.8) is 0 Å². The first kappa shape index (κ1) is 4.43. The molecule has 1 atom stereocenters. The van der Waals surface area contributed by atoms with Crippen LogP contribution in [0.25, 0.3) is 0 Å². The number of thioether (sulfide) groups is 1. The largest absolute Gasteiger partial charge is 0.315 e. The van der Waals surface area contributed by atoms with Gasteiger partial charge in [-0.3, -0.25) is 5.32 Å². The molecule has 1 aliphatic rings. The molecule has 1 heterocycles. The van der Waals surface area contributed by atoms with Gasteiger partial charge in [-0.15, -0.1) is 11.8 Å². The molecule has 0 aromatic carbocycles. The van der Waals surface area contributed by atoms with Crippen molar-refractivity contribution >= 4 is 11.8 Å². The number of rotatable bonds is 0. The fourth-order valence-corrected chi connectivity index (χ4v) is 1.23. The second-order valence-corrected chi connectivity index (χ2v) is 2.36. The van der Waals surface area contributed by atoms with Gasteiger partial charge in [0.2, 0.25) is 0 Å². The van der Waals surface area contributed by atoms with Gasteiger partial charge in [0.25, 0.3) is 0 Å². The van der Waals surface area contributed by atoms with Crippen LogP contribution in [0.15, 0.2) is 0 Å². The summed E-state index contributed by atoms with van der Waals surface area (Å²) in [5, 5.41) is 3.06. The van der Waals surface area contributed by atoms with Crippen molar-refractivity contribution in [1.82, 2.24) is 5.32 Å². The molecular formula is C3H8N2S. The SMILES string of the molecule is NC1CSCN1. The molecule has 1 aliphatic heterocycles. The van der Waals surface area contributed by atoms with E-state index >= 15 is 0 Å². The topological polar surface area (TPSA) is 38.0 Å². The molecular weight excluding hydrogens is 96.1 g/mol. The summed E-state index contributed by atoms with van der Waals surface area (Å²) in [6, 6.07) is 0. The Morgan fingerprint density at radius 2 is 2.67 bits per heavy atom. The summed E-state index contributed by atoms with van der Waals surface area (Å²) < 4.78 is 0. The first-order valence-electron chi connectivity index (χ1n) is 1.96. The summed E-state index contributed by atoms with van der Waals surface area (Å²) in [4.78, 5) is 0. The van der Waals surface area contributed by atoms with Gasteiger partial charge in [0, 0.05) is 11.6 Å². The van der Waals surface area contributed by atoms with E-state index in [0.717, 1.165) is 11.6 Å². The zero-order valence-electron chi connectivity index (χ0n) is 3.48. The van der Waals surface area contributed by atoms with Gasteiger partial charge in [-0.2, -0.15) is 0 Å². The van der Waals surface area contributed by atoms with Crippen LogP contribution in [0, 0.1) is 0 Å². The zero-order chi connectivity index (χ0) is 4.41. The van der Waals surface area contributed by atoms with Gasteiger partial charge in [-0.05, 0) is 0 Å². The molecule has 1 rings (SSSR count). The Morgan fingerprint density at radius 1 is 1.83 bits per heavy atom. The summed E-state index contributed by atoms with van der Waals surface area (Å²) in [5.41, 5.74) is 5.40. The minimum atomic E-state index is 0.259. The molecule has 6 heavy (non-hydrogen) atoms. The molecule has 3 heteroatoms. The lowest BCUT2D eigenvalue weighted by molar-refractivity contribution is 0.662. The third-order valence-corrected chi connectivity index (χ3v) is 1.71. The van der Waals surface area contributed by atoms with Crippen LogP contribution in [-0.2, 0) is 0 Å². The molecule has 2 nitrogen and oxygen atoms in total. The monoisotopic (exact) mass is 104 g/mol. The minimum Gasteiger partial charge on any atom is -0.315 e. The van der Waals surface area contributed by atoms with Gasteiger partial charge in [-0.25, -0.2) is 0 Å². The Hall–Kier alpha value is 0.270. The van der Waals surface area contributed by atoms with Crippen molar-refractivity contribution in [3.8, 4) is 0 Å². The van der Waals surface area contributed by atoms with E-state index in [1.165, 1.54) is 0 Å². The summed E-state index contributed by atoms with van der Waals surface area (Å²) >= 11 is 1.85. The van der Waals surface area contributed by atoms with Crippen molar-refractivity contribution in [2.45, 2.75) is 6.17 Å². The number of hydrogen-bond donors (Lipinski definition) is 2. The lowest BCUT2D eigenvalue weighted by Crippen LogP contribution is -2.32. The molecule has 36 valence electrons. The highest BCUT2D eigenvalue weighted by molar-refractivity contribution is 7.99. The van der Waals surface area contributed by atoms with E-state index in [1.54, 1.807) is 0 Å². The van der Waals surface area contributed by atoms with Gasteiger partial charge in [0.05, 0.1) is 6.17 Å². The van der Waals surface area contributed by atoms with E-state index < -0.39 is 0 Å². The Kier molecular flexibility index (Phi) is 1.34. The van der Waals surface area contributed by atoms with Crippen LogP contribution in [0.1, 0.15) is 0 Å². The van der Waals surface area contributed by atoms with Gasteiger partial charge in [0.15, 0.2) is 0 Å². The molecule has 0 bridgehead atoms. The molecule has 1 fully saturated rings. The third kappa shape index (κ3) is 0.864. The number of nitrogens with two attached hydrogens (primary N) is 1. The summed E-state index contributed by atoms with van der Waals surface area (Å²) in [5.74, 6) is 2.10. The van der Waals surface area contributed by atoms with Gasteiger partial charge >= 0.3 is 0 Å². The predicted molar refractivity (Wildman–Crippen MR) is 28.4 cm³/mol. The van der Waals surface area contributed by atoms with Crippen LogP contribution >= 0.6 is 11.8 Å². The fourth-order valence-electron chi connectivity index (χ4n) is 0.411. The summed E-state index contributed by atoms with van der Waals surface area (Å²) in [7, 11) is 0. The van der Waals surface area contributed by atoms with Gasteiger partial charge < -0.3 is 5.73 Å². The van der Waals surface area contributed by atoms with Crippen molar-refractivity contribution < 1.29 is 0 Å². The van der Waals surface area contributed by atoms with E-state index in [1.807, 2.05) is 11.8 Å². The fraction of sp³-hybridized carbons (Fsp3) is 1.00. The molecule has 0 spiro atoms. The molecule has 0 aromatic heterocycles. The normalized spacial score (nSPS) is 34.5. The lowest BCUT2D eigenvalue weighted by atomic mass is 10.6. The first-order valence-corrected chi connectivity index (χ1v) is 3.12. The highest BCUT2D eigenvalue weighted by Gasteiger charge is 2.06. The van der Waals surface area contributed by atoms with Crippen LogP contribution in [0.3, 0.4) is 0 Å². The maximum atomic E-state index is 5.40. The molecule has 3 N–H and O–H groups in total. The average Bonchev–Trinajstić information content (AvgIpc) is 1.86. The van der Waals surface area contributed by atoms with E-state index in [9.17, 15) is 0 Å². The maximum Gasteiger partial charge on any atom is 0.0646 e. The molecule has 0 saturated carbocycles. The molecule has 0 amide bonds. The molecule has 0 aliphatic carbocycles. The van der Waals surface area contributed by atoms with Crippen molar-refractivity contribution in [1.29, 1.82) is 0 Å². The summed E-state index contributed by atoms with van der Waals surface area (Å²) in [6.45, 7) is 0. The second kappa shape index (κ2) is 1.82. The average molecular weight is 104 g/mol. The van der Waals surface area contributed by atoms with E-state index in [4.69, 9.17) is 5.73 Å². The van der Waals surface area contributed by atoms with Crippen LogP contribution in [-0.4, -0.2) is 17.8 Å². The van der Waals surface area contributed by atoms with Gasteiger partial charge in [0.1, 0.15) is 0 Å². The number of nitrogens with one attached hydrogen (secondary N) is 1. The minimum absolute atomic E-state index is 0.259. The van der Waals surface area contributed by atoms with Crippen LogP contribution in [0.5, 0.6) is 0 Å². The smallest absolute Gasteiger partial charge is 0.0646 e. The maximum absolute atomic E-state index is 5.40.